The SMILES string of the molecule is CC1(C)CC(=O)C=C(C(=O)NC(CO)C(=O)NC2CCCCCCCCCCC2)O1. The van der Waals surface area contributed by atoms with Crippen LogP contribution in [0.4, 0.5) is 0 Å². The maximum Gasteiger partial charge on any atom is 0.287 e. The van der Waals surface area contributed by atoms with Crippen molar-refractivity contribution in [3.05, 3.63) is 11.8 Å². The molecule has 1 fully saturated rings. The lowest BCUT2D eigenvalue weighted by Crippen LogP contribution is -2.52. The first-order chi connectivity index (χ1) is 14.3. The van der Waals surface area contributed by atoms with E-state index >= 15 is 0 Å². The summed E-state index contributed by atoms with van der Waals surface area (Å²) in [6.07, 6.45) is 14.0. The van der Waals surface area contributed by atoms with Crippen molar-refractivity contribution in [3.8, 4) is 0 Å². The minimum Gasteiger partial charge on any atom is -0.482 e. The summed E-state index contributed by atoms with van der Waals surface area (Å²) in [5.41, 5.74) is -0.775. The van der Waals surface area contributed by atoms with Crippen molar-refractivity contribution in [2.75, 3.05) is 6.61 Å². The number of ether oxygens (including phenoxy) is 1. The minimum atomic E-state index is -1.08. The van der Waals surface area contributed by atoms with Crippen LogP contribution in [-0.4, -0.2) is 47.0 Å². The fourth-order valence-corrected chi connectivity index (χ4v) is 4.12. The normalized spacial score (nSPS) is 22.5. The Hall–Kier alpha value is -1.89. The van der Waals surface area contributed by atoms with Crippen LogP contribution in [-0.2, 0) is 19.1 Å². The molecular weight excluding hydrogens is 384 g/mol. The molecule has 7 heteroatoms. The summed E-state index contributed by atoms with van der Waals surface area (Å²) in [6.45, 7) is 2.94. The third-order valence-electron chi connectivity index (χ3n) is 5.76. The monoisotopic (exact) mass is 422 g/mol. The highest BCUT2D eigenvalue weighted by molar-refractivity contribution is 6.03. The Morgan fingerprint density at radius 3 is 2.10 bits per heavy atom. The molecule has 0 bridgehead atoms. The van der Waals surface area contributed by atoms with Gasteiger partial charge in [0.2, 0.25) is 5.91 Å². The Bertz CT molecular complexity index is 617. The van der Waals surface area contributed by atoms with Crippen LogP contribution in [0.1, 0.15) is 90.9 Å². The Morgan fingerprint density at radius 1 is 1.07 bits per heavy atom. The van der Waals surface area contributed by atoms with Gasteiger partial charge in [-0.1, -0.05) is 57.8 Å². The van der Waals surface area contributed by atoms with Crippen LogP contribution in [0.25, 0.3) is 0 Å². The molecule has 1 aliphatic carbocycles. The van der Waals surface area contributed by atoms with E-state index in [4.69, 9.17) is 4.74 Å². The van der Waals surface area contributed by atoms with Crippen molar-refractivity contribution >= 4 is 17.6 Å². The van der Waals surface area contributed by atoms with E-state index in [1.54, 1.807) is 13.8 Å². The van der Waals surface area contributed by atoms with E-state index in [1.165, 1.54) is 44.9 Å². The molecule has 0 radical (unpaired) electrons. The average Bonchev–Trinajstić information content (AvgIpc) is 2.66. The molecular formula is C23H38N2O5. The molecule has 2 rings (SSSR count). The van der Waals surface area contributed by atoms with E-state index in [0.29, 0.717) is 0 Å². The summed E-state index contributed by atoms with van der Waals surface area (Å²) in [5, 5.41) is 15.2. The van der Waals surface area contributed by atoms with Crippen LogP contribution in [0.2, 0.25) is 0 Å². The summed E-state index contributed by atoms with van der Waals surface area (Å²) in [7, 11) is 0. The molecule has 0 aromatic carbocycles. The molecule has 1 atom stereocenters. The van der Waals surface area contributed by atoms with E-state index in [9.17, 15) is 19.5 Å². The standard InChI is InChI=1S/C23H38N2O5/c1-23(2)15-18(27)14-20(30-23)22(29)25-19(16-26)21(28)24-17-12-10-8-6-4-3-5-7-9-11-13-17/h14,17,19,26H,3-13,15-16H2,1-2H3,(H,24,28)(H,25,29). The van der Waals surface area contributed by atoms with Gasteiger partial charge in [-0.05, 0) is 26.7 Å². The third kappa shape index (κ3) is 8.46. The number of allylic oxidation sites excluding steroid dienone is 1. The zero-order valence-corrected chi connectivity index (χ0v) is 18.5. The molecule has 0 aromatic heterocycles. The predicted molar refractivity (Wildman–Crippen MR) is 115 cm³/mol. The zero-order valence-electron chi connectivity index (χ0n) is 18.5. The van der Waals surface area contributed by atoms with Crippen LogP contribution < -0.4 is 10.6 Å². The number of aliphatic hydroxyl groups excluding tert-OH is 1. The lowest BCUT2D eigenvalue weighted by Gasteiger charge is -2.30. The van der Waals surface area contributed by atoms with E-state index in [0.717, 1.165) is 31.8 Å². The van der Waals surface area contributed by atoms with Crippen LogP contribution in [0.3, 0.4) is 0 Å². The second-order valence-corrected chi connectivity index (χ2v) is 9.19. The fraction of sp³-hybridized carbons (Fsp3) is 0.783. The molecule has 3 N–H and O–H groups in total. The highest BCUT2D eigenvalue weighted by Gasteiger charge is 2.33. The van der Waals surface area contributed by atoms with Crippen molar-refractivity contribution < 1.29 is 24.2 Å². The van der Waals surface area contributed by atoms with Gasteiger partial charge in [-0.25, -0.2) is 0 Å². The first-order valence-electron chi connectivity index (χ1n) is 11.5. The first-order valence-corrected chi connectivity index (χ1v) is 11.5. The molecule has 0 saturated heterocycles. The summed E-state index contributed by atoms with van der Waals surface area (Å²) in [5.74, 6) is -1.38. The fourth-order valence-electron chi connectivity index (χ4n) is 4.12. The van der Waals surface area contributed by atoms with E-state index < -0.39 is 30.1 Å². The van der Waals surface area contributed by atoms with E-state index in [1.807, 2.05) is 0 Å². The molecule has 1 aliphatic heterocycles. The molecule has 1 saturated carbocycles. The van der Waals surface area contributed by atoms with Crippen molar-refractivity contribution in [1.82, 2.24) is 10.6 Å². The van der Waals surface area contributed by atoms with Crippen molar-refractivity contribution in [2.45, 2.75) is 109 Å². The highest BCUT2D eigenvalue weighted by Crippen LogP contribution is 2.24. The lowest BCUT2D eigenvalue weighted by atomic mass is 9.97. The van der Waals surface area contributed by atoms with Crippen LogP contribution in [0.5, 0.6) is 0 Å². The Morgan fingerprint density at radius 2 is 1.60 bits per heavy atom. The Balaban J connectivity index is 1.91. The van der Waals surface area contributed by atoms with Crippen LogP contribution in [0, 0.1) is 0 Å². The van der Waals surface area contributed by atoms with Crippen LogP contribution >= 0.6 is 0 Å². The van der Waals surface area contributed by atoms with Gasteiger partial charge >= 0.3 is 0 Å². The molecule has 0 aromatic rings. The van der Waals surface area contributed by atoms with Crippen molar-refractivity contribution in [1.29, 1.82) is 0 Å². The van der Waals surface area contributed by atoms with Gasteiger partial charge in [0.15, 0.2) is 11.5 Å². The molecule has 2 amide bonds. The van der Waals surface area contributed by atoms with Gasteiger partial charge in [0.25, 0.3) is 5.91 Å². The number of nitrogens with one attached hydrogen (secondary N) is 2. The summed E-state index contributed by atoms with van der Waals surface area (Å²) in [4.78, 5) is 37.1. The maximum absolute atomic E-state index is 12.7. The van der Waals surface area contributed by atoms with Gasteiger partial charge in [0, 0.05) is 18.5 Å². The Kier molecular flexibility index (Phi) is 9.82. The molecule has 30 heavy (non-hydrogen) atoms. The Labute approximate surface area is 180 Å². The predicted octanol–water partition coefficient (Wildman–Crippen LogP) is 2.90. The number of rotatable bonds is 5. The zero-order chi connectivity index (χ0) is 22.0. The smallest absolute Gasteiger partial charge is 0.287 e. The van der Waals surface area contributed by atoms with Crippen molar-refractivity contribution in [2.24, 2.45) is 0 Å². The number of carbonyl (C=O) groups is 3. The summed E-state index contributed by atoms with van der Waals surface area (Å²) in [6, 6.07) is -1.03. The molecule has 170 valence electrons. The van der Waals surface area contributed by atoms with E-state index in [-0.39, 0.29) is 24.0 Å². The first kappa shape index (κ1) is 24.4. The molecule has 2 aliphatic rings. The quantitative estimate of drug-likeness (QED) is 0.632. The molecule has 1 heterocycles. The summed E-state index contributed by atoms with van der Waals surface area (Å²) < 4.78 is 5.57. The van der Waals surface area contributed by atoms with Gasteiger partial charge in [0.05, 0.1) is 6.61 Å². The second-order valence-electron chi connectivity index (χ2n) is 9.19. The number of hydrogen-bond donors (Lipinski definition) is 3. The molecule has 7 nitrogen and oxygen atoms in total. The molecule has 1 unspecified atom stereocenters. The number of carbonyl (C=O) groups excluding carboxylic acids is 3. The number of aliphatic hydroxyl groups is 1. The topological polar surface area (TPSA) is 105 Å². The van der Waals surface area contributed by atoms with E-state index in [2.05, 4.69) is 10.6 Å². The number of amides is 2. The second kappa shape index (κ2) is 12.1. The van der Waals surface area contributed by atoms with Crippen LogP contribution in [0.15, 0.2) is 11.8 Å². The third-order valence-corrected chi connectivity index (χ3v) is 5.76. The van der Waals surface area contributed by atoms with Gasteiger partial charge in [-0.15, -0.1) is 0 Å². The van der Waals surface area contributed by atoms with Gasteiger partial charge < -0.3 is 20.5 Å². The lowest BCUT2D eigenvalue weighted by molar-refractivity contribution is -0.134. The summed E-state index contributed by atoms with van der Waals surface area (Å²) >= 11 is 0. The van der Waals surface area contributed by atoms with Gasteiger partial charge in [-0.2, -0.15) is 0 Å². The average molecular weight is 423 g/mol. The van der Waals surface area contributed by atoms with Gasteiger partial charge in [0.1, 0.15) is 11.6 Å². The maximum atomic E-state index is 12.7. The van der Waals surface area contributed by atoms with Crippen molar-refractivity contribution in [3.63, 3.8) is 0 Å². The minimum absolute atomic E-state index is 0.0496. The highest BCUT2D eigenvalue weighted by atomic mass is 16.5. The number of hydrogen-bond acceptors (Lipinski definition) is 5. The van der Waals surface area contributed by atoms with Gasteiger partial charge in [-0.3, -0.25) is 14.4 Å². The number of ketones is 1. The largest absolute Gasteiger partial charge is 0.482 e. The molecule has 0 spiro atoms.